The van der Waals surface area contributed by atoms with E-state index in [1.165, 1.54) is 23.5 Å². The van der Waals surface area contributed by atoms with Crippen molar-refractivity contribution in [2.24, 2.45) is 0 Å². The van der Waals surface area contributed by atoms with E-state index in [1.54, 1.807) is 22.4 Å². The van der Waals surface area contributed by atoms with Gasteiger partial charge < -0.3 is 14.4 Å². The van der Waals surface area contributed by atoms with Gasteiger partial charge in [-0.15, -0.1) is 11.3 Å². The Hall–Kier alpha value is -1.99. The van der Waals surface area contributed by atoms with Gasteiger partial charge in [0, 0.05) is 24.5 Å². The molecule has 22 heavy (non-hydrogen) atoms. The number of carbonyl (C=O) groups is 1. The number of thiazole rings is 1. The molecule has 116 valence electrons. The predicted octanol–water partition coefficient (Wildman–Crippen LogP) is 2.33. The molecule has 0 atom stereocenters. The lowest BCUT2D eigenvalue weighted by molar-refractivity contribution is 0.0299. The van der Waals surface area contributed by atoms with Gasteiger partial charge in [0.1, 0.15) is 28.9 Å². The molecule has 2 aromatic rings. The van der Waals surface area contributed by atoms with Gasteiger partial charge in [0.05, 0.1) is 13.2 Å². The van der Waals surface area contributed by atoms with E-state index < -0.39 is 0 Å². The normalized spacial score (nSPS) is 14.9. The smallest absolute Gasteiger partial charge is 0.273 e. The molecule has 1 aliphatic rings. The van der Waals surface area contributed by atoms with Gasteiger partial charge >= 0.3 is 0 Å². The summed E-state index contributed by atoms with van der Waals surface area (Å²) in [7, 11) is 0. The van der Waals surface area contributed by atoms with Gasteiger partial charge in [0.15, 0.2) is 0 Å². The van der Waals surface area contributed by atoms with Crippen molar-refractivity contribution >= 4 is 17.2 Å². The molecule has 1 fully saturated rings. The zero-order chi connectivity index (χ0) is 15.4. The highest BCUT2D eigenvalue weighted by molar-refractivity contribution is 7.09. The fraction of sp³-hybridized carbons (Fsp3) is 0.333. The number of aromatic nitrogens is 1. The molecule has 1 aliphatic heterocycles. The number of ether oxygens (including phenoxy) is 2. The van der Waals surface area contributed by atoms with Crippen molar-refractivity contribution in [2.75, 3.05) is 26.3 Å². The van der Waals surface area contributed by atoms with Crippen LogP contribution in [-0.2, 0) is 11.3 Å². The van der Waals surface area contributed by atoms with Crippen LogP contribution in [-0.4, -0.2) is 42.1 Å². The number of nitrogens with zero attached hydrogens (tertiary/aromatic N) is 2. The number of halogens is 1. The number of carbonyl (C=O) groups excluding carboxylic acids is 1. The Bertz CT molecular complexity index is 656. The summed E-state index contributed by atoms with van der Waals surface area (Å²) in [4.78, 5) is 18.3. The summed E-state index contributed by atoms with van der Waals surface area (Å²) in [6, 6.07) is 5.93. The summed E-state index contributed by atoms with van der Waals surface area (Å²) in [5.41, 5.74) is 0.421. The van der Waals surface area contributed by atoms with Crippen molar-refractivity contribution in [1.82, 2.24) is 9.88 Å². The van der Waals surface area contributed by atoms with Crippen molar-refractivity contribution in [3.05, 3.63) is 46.2 Å². The number of hydrogen-bond donors (Lipinski definition) is 0. The second kappa shape index (κ2) is 6.85. The molecular formula is C15H15FN2O3S. The molecule has 0 unspecified atom stereocenters. The van der Waals surface area contributed by atoms with Gasteiger partial charge in [-0.1, -0.05) is 6.07 Å². The minimum absolute atomic E-state index is 0.0865. The number of amides is 1. The quantitative estimate of drug-likeness (QED) is 0.867. The van der Waals surface area contributed by atoms with Crippen LogP contribution in [0.5, 0.6) is 5.75 Å². The highest BCUT2D eigenvalue weighted by Gasteiger charge is 2.20. The largest absolute Gasteiger partial charge is 0.486 e. The van der Waals surface area contributed by atoms with Gasteiger partial charge in [-0.2, -0.15) is 0 Å². The fourth-order valence-electron chi connectivity index (χ4n) is 2.11. The average molecular weight is 322 g/mol. The Morgan fingerprint density at radius 2 is 2.23 bits per heavy atom. The summed E-state index contributed by atoms with van der Waals surface area (Å²) >= 11 is 1.36. The summed E-state index contributed by atoms with van der Waals surface area (Å²) in [6.07, 6.45) is 0. The monoisotopic (exact) mass is 322 g/mol. The standard InChI is InChI=1S/C15H15FN2O3S/c16-11-2-1-3-12(8-11)21-9-14-17-13(10-22-14)15(19)18-4-6-20-7-5-18/h1-3,8,10H,4-7,9H2. The van der Waals surface area contributed by atoms with Crippen LogP contribution in [0.15, 0.2) is 29.6 Å². The van der Waals surface area contributed by atoms with Crippen molar-refractivity contribution in [3.63, 3.8) is 0 Å². The first kappa shape index (κ1) is 14.9. The van der Waals surface area contributed by atoms with Crippen molar-refractivity contribution in [3.8, 4) is 5.75 Å². The van der Waals surface area contributed by atoms with Crippen molar-refractivity contribution < 1.29 is 18.7 Å². The average Bonchev–Trinajstić information content (AvgIpc) is 3.02. The zero-order valence-corrected chi connectivity index (χ0v) is 12.6. The summed E-state index contributed by atoms with van der Waals surface area (Å²) < 4.78 is 23.8. The number of hydrogen-bond acceptors (Lipinski definition) is 5. The predicted molar refractivity (Wildman–Crippen MR) is 79.6 cm³/mol. The first-order valence-corrected chi connectivity index (χ1v) is 7.80. The fourth-order valence-corrected chi connectivity index (χ4v) is 2.78. The van der Waals surface area contributed by atoms with Crippen molar-refractivity contribution in [1.29, 1.82) is 0 Å². The Balaban J connectivity index is 1.60. The van der Waals surface area contributed by atoms with Crippen LogP contribution >= 0.6 is 11.3 Å². The van der Waals surface area contributed by atoms with E-state index in [-0.39, 0.29) is 18.3 Å². The van der Waals surface area contributed by atoms with Crippen LogP contribution in [0.3, 0.4) is 0 Å². The Kier molecular flexibility index (Phi) is 4.65. The molecule has 1 amide bonds. The van der Waals surface area contributed by atoms with Gasteiger partial charge in [0.25, 0.3) is 5.91 Å². The second-order valence-electron chi connectivity index (χ2n) is 4.78. The molecule has 0 spiro atoms. The molecule has 5 nitrogen and oxygen atoms in total. The summed E-state index contributed by atoms with van der Waals surface area (Å²) in [6.45, 7) is 2.51. The van der Waals surface area contributed by atoms with E-state index in [4.69, 9.17) is 9.47 Å². The van der Waals surface area contributed by atoms with Crippen LogP contribution in [0, 0.1) is 5.82 Å². The number of benzene rings is 1. The van der Waals surface area contributed by atoms with Crippen molar-refractivity contribution in [2.45, 2.75) is 6.61 Å². The third kappa shape index (κ3) is 3.61. The molecule has 0 bridgehead atoms. The molecule has 1 aromatic carbocycles. The van der Waals surface area contributed by atoms with Gasteiger partial charge in [0.2, 0.25) is 0 Å². The van der Waals surface area contributed by atoms with Gasteiger partial charge in [-0.25, -0.2) is 9.37 Å². The van der Waals surface area contributed by atoms with Crippen LogP contribution in [0.1, 0.15) is 15.5 Å². The molecule has 3 rings (SSSR count). The lowest BCUT2D eigenvalue weighted by atomic mass is 10.3. The molecule has 1 aromatic heterocycles. The third-order valence-electron chi connectivity index (χ3n) is 3.23. The minimum atomic E-state index is -0.347. The van der Waals surface area contributed by atoms with E-state index in [0.717, 1.165) is 0 Å². The maximum atomic E-state index is 13.1. The van der Waals surface area contributed by atoms with Crippen LogP contribution in [0.2, 0.25) is 0 Å². The molecule has 0 aliphatic carbocycles. The zero-order valence-electron chi connectivity index (χ0n) is 11.8. The van der Waals surface area contributed by atoms with E-state index in [0.29, 0.717) is 42.8 Å². The molecule has 2 heterocycles. The molecule has 0 N–H and O–H groups in total. The lowest BCUT2D eigenvalue weighted by Gasteiger charge is -2.25. The highest BCUT2D eigenvalue weighted by atomic mass is 32.1. The number of morpholine rings is 1. The Labute approximate surface area is 131 Å². The minimum Gasteiger partial charge on any atom is -0.486 e. The number of rotatable bonds is 4. The topological polar surface area (TPSA) is 51.7 Å². The van der Waals surface area contributed by atoms with Gasteiger partial charge in [-0.3, -0.25) is 4.79 Å². The second-order valence-corrected chi connectivity index (χ2v) is 5.72. The molecule has 7 heteroatoms. The Morgan fingerprint density at radius 3 is 3.00 bits per heavy atom. The molecular weight excluding hydrogens is 307 g/mol. The van der Waals surface area contributed by atoms with E-state index >= 15 is 0 Å². The summed E-state index contributed by atoms with van der Waals surface area (Å²) in [5.74, 6) is 0.00707. The maximum absolute atomic E-state index is 13.1. The van der Waals surface area contributed by atoms with E-state index in [9.17, 15) is 9.18 Å². The Morgan fingerprint density at radius 1 is 1.41 bits per heavy atom. The van der Waals surface area contributed by atoms with Crippen LogP contribution < -0.4 is 4.74 Å². The van der Waals surface area contributed by atoms with Crippen LogP contribution in [0.25, 0.3) is 0 Å². The third-order valence-corrected chi connectivity index (χ3v) is 4.05. The first-order chi connectivity index (χ1) is 10.7. The molecule has 1 saturated heterocycles. The maximum Gasteiger partial charge on any atom is 0.273 e. The van der Waals surface area contributed by atoms with Crippen LogP contribution in [0.4, 0.5) is 4.39 Å². The van der Waals surface area contributed by atoms with E-state index in [2.05, 4.69) is 4.98 Å². The van der Waals surface area contributed by atoms with E-state index in [1.807, 2.05) is 0 Å². The molecule has 0 saturated carbocycles. The summed E-state index contributed by atoms with van der Waals surface area (Å²) in [5, 5.41) is 2.41. The highest BCUT2D eigenvalue weighted by Crippen LogP contribution is 2.17. The lowest BCUT2D eigenvalue weighted by Crippen LogP contribution is -2.40. The molecule has 0 radical (unpaired) electrons. The SMILES string of the molecule is O=C(c1csc(COc2cccc(F)c2)n1)N1CCOCC1. The van der Waals surface area contributed by atoms with Gasteiger partial charge in [-0.05, 0) is 12.1 Å². The first-order valence-electron chi connectivity index (χ1n) is 6.92.